The fourth-order valence-corrected chi connectivity index (χ4v) is 1.34. The molecule has 1 N–H and O–H groups in total. The number of hydrogen-bond acceptors (Lipinski definition) is 3. The standard InChI is InChI=1S/C15H17NO2/c1-4-6-14(7-5-2)18-15(17)12-8-10-13(16-3)11-9-12/h4-11,16H,1H2,2-3H3/b7-5-,14-6+. The minimum atomic E-state index is -0.385. The first-order valence-corrected chi connectivity index (χ1v) is 5.66. The predicted molar refractivity (Wildman–Crippen MR) is 74.5 cm³/mol. The first kappa shape index (κ1) is 13.8. The summed E-state index contributed by atoms with van der Waals surface area (Å²) >= 11 is 0. The zero-order chi connectivity index (χ0) is 13.4. The van der Waals surface area contributed by atoms with Gasteiger partial charge in [-0.25, -0.2) is 4.79 Å². The molecular weight excluding hydrogens is 226 g/mol. The Bertz CT molecular complexity index is 470. The average molecular weight is 243 g/mol. The maximum absolute atomic E-state index is 11.9. The summed E-state index contributed by atoms with van der Waals surface area (Å²) in [4.78, 5) is 11.9. The molecular formula is C15H17NO2. The number of rotatable bonds is 5. The van der Waals surface area contributed by atoms with Crippen LogP contribution in [0.4, 0.5) is 5.69 Å². The zero-order valence-electron chi connectivity index (χ0n) is 10.6. The van der Waals surface area contributed by atoms with Gasteiger partial charge in [0.25, 0.3) is 0 Å². The lowest BCUT2D eigenvalue weighted by molar-refractivity contribution is 0.0637. The largest absolute Gasteiger partial charge is 0.423 e. The van der Waals surface area contributed by atoms with Crippen molar-refractivity contribution in [2.75, 3.05) is 12.4 Å². The molecule has 0 fully saturated rings. The summed E-state index contributed by atoms with van der Waals surface area (Å²) in [7, 11) is 1.82. The second kappa shape index (κ2) is 7.12. The SMILES string of the molecule is C=C/C=C(\C=C/C)OC(=O)c1ccc(NC)cc1. The van der Waals surface area contributed by atoms with Gasteiger partial charge in [0.15, 0.2) is 0 Å². The fraction of sp³-hybridized carbons (Fsp3) is 0.133. The van der Waals surface area contributed by atoms with Gasteiger partial charge >= 0.3 is 5.97 Å². The second-order valence-corrected chi connectivity index (χ2v) is 3.52. The van der Waals surface area contributed by atoms with Gasteiger partial charge < -0.3 is 10.1 Å². The summed E-state index contributed by atoms with van der Waals surface area (Å²) in [6.07, 6.45) is 6.72. The van der Waals surface area contributed by atoms with Crippen LogP contribution in [0.1, 0.15) is 17.3 Å². The van der Waals surface area contributed by atoms with Crippen LogP contribution in [0, 0.1) is 0 Å². The van der Waals surface area contributed by atoms with Crippen molar-refractivity contribution in [3.63, 3.8) is 0 Å². The van der Waals surface area contributed by atoms with Gasteiger partial charge in [0.2, 0.25) is 0 Å². The van der Waals surface area contributed by atoms with Crippen LogP contribution in [0.2, 0.25) is 0 Å². The van der Waals surface area contributed by atoms with E-state index < -0.39 is 0 Å². The molecule has 0 saturated carbocycles. The summed E-state index contributed by atoms with van der Waals surface area (Å²) in [6, 6.07) is 7.08. The molecule has 0 aliphatic heterocycles. The van der Waals surface area contributed by atoms with E-state index in [0.29, 0.717) is 11.3 Å². The molecule has 0 radical (unpaired) electrons. The van der Waals surface area contributed by atoms with Crippen LogP contribution in [0.25, 0.3) is 0 Å². The number of esters is 1. The number of carbonyl (C=O) groups excluding carboxylic acids is 1. The third kappa shape index (κ3) is 3.94. The molecule has 3 nitrogen and oxygen atoms in total. The van der Waals surface area contributed by atoms with Crippen LogP contribution in [-0.2, 0) is 4.74 Å². The van der Waals surface area contributed by atoms with Gasteiger partial charge in [-0.15, -0.1) is 0 Å². The van der Waals surface area contributed by atoms with Crippen molar-refractivity contribution >= 4 is 11.7 Å². The van der Waals surface area contributed by atoms with Crippen LogP contribution in [-0.4, -0.2) is 13.0 Å². The Morgan fingerprint density at radius 1 is 1.33 bits per heavy atom. The van der Waals surface area contributed by atoms with Crippen LogP contribution >= 0.6 is 0 Å². The van der Waals surface area contributed by atoms with Crippen molar-refractivity contribution in [1.82, 2.24) is 0 Å². The molecule has 0 aromatic heterocycles. The molecule has 3 heteroatoms. The van der Waals surface area contributed by atoms with Crippen molar-refractivity contribution in [2.45, 2.75) is 6.92 Å². The fourth-order valence-electron chi connectivity index (χ4n) is 1.34. The number of nitrogens with one attached hydrogen (secondary N) is 1. The third-order valence-electron chi connectivity index (χ3n) is 2.23. The van der Waals surface area contributed by atoms with E-state index in [2.05, 4.69) is 11.9 Å². The second-order valence-electron chi connectivity index (χ2n) is 3.52. The molecule has 1 aromatic rings. The van der Waals surface area contributed by atoms with Gasteiger partial charge in [0, 0.05) is 12.7 Å². The molecule has 0 aliphatic carbocycles. The molecule has 0 saturated heterocycles. The van der Waals surface area contributed by atoms with E-state index in [4.69, 9.17) is 4.74 Å². The average Bonchev–Trinajstić information content (AvgIpc) is 2.39. The highest BCUT2D eigenvalue weighted by atomic mass is 16.5. The topological polar surface area (TPSA) is 38.3 Å². The van der Waals surface area contributed by atoms with Gasteiger partial charge in [0.1, 0.15) is 5.76 Å². The van der Waals surface area contributed by atoms with Crippen molar-refractivity contribution in [3.05, 3.63) is 66.5 Å². The van der Waals surface area contributed by atoms with E-state index in [9.17, 15) is 4.79 Å². The summed E-state index contributed by atoms with van der Waals surface area (Å²) in [6.45, 7) is 5.43. The lowest BCUT2D eigenvalue weighted by Gasteiger charge is -2.05. The lowest BCUT2D eigenvalue weighted by atomic mass is 10.2. The van der Waals surface area contributed by atoms with E-state index in [1.165, 1.54) is 0 Å². The zero-order valence-corrected chi connectivity index (χ0v) is 10.6. The quantitative estimate of drug-likeness (QED) is 0.488. The molecule has 18 heavy (non-hydrogen) atoms. The number of hydrogen-bond donors (Lipinski definition) is 1. The highest BCUT2D eigenvalue weighted by Crippen LogP contribution is 2.12. The van der Waals surface area contributed by atoms with E-state index in [0.717, 1.165) is 5.69 Å². The molecule has 0 atom stereocenters. The van der Waals surface area contributed by atoms with E-state index in [1.54, 1.807) is 36.4 Å². The van der Waals surface area contributed by atoms with Gasteiger partial charge in [-0.2, -0.15) is 0 Å². The maximum Gasteiger partial charge on any atom is 0.343 e. The lowest BCUT2D eigenvalue weighted by Crippen LogP contribution is -2.04. The smallest absolute Gasteiger partial charge is 0.343 e. The number of benzene rings is 1. The molecule has 0 unspecified atom stereocenters. The highest BCUT2D eigenvalue weighted by Gasteiger charge is 2.08. The minimum absolute atomic E-state index is 0.385. The van der Waals surface area contributed by atoms with Gasteiger partial charge in [-0.05, 0) is 43.3 Å². The molecule has 0 amide bonds. The predicted octanol–water partition coefficient (Wildman–Crippen LogP) is 3.53. The number of allylic oxidation sites excluding steroid dienone is 4. The Labute approximate surface area is 107 Å². The van der Waals surface area contributed by atoms with Crippen LogP contribution in [0.3, 0.4) is 0 Å². The Morgan fingerprint density at radius 3 is 2.50 bits per heavy atom. The van der Waals surface area contributed by atoms with Crippen molar-refractivity contribution in [1.29, 1.82) is 0 Å². The van der Waals surface area contributed by atoms with Crippen LogP contribution in [0.15, 0.2) is 60.9 Å². The number of carbonyl (C=O) groups is 1. The summed E-state index contributed by atoms with van der Waals surface area (Å²) in [5.74, 6) is 0.0825. The minimum Gasteiger partial charge on any atom is -0.423 e. The first-order valence-electron chi connectivity index (χ1n) is 5.66. The summed E-state index contributed by atoms with van der Waals surface area (Å²) < 4.78 is 5.23. The number of ether oxygens (including phenoxy) is 1. The summed E-state index contributed by atoms with van der Waals surface area (Å²) in [5.41, 5.74) is 1.45. The van der Waals surface area contributed by atoms with E-state index in [1.807, 2.05) is 26.1 Å². The third-order valence-corrected chi connectivity index (χ3v) is 2.23. The molecule has 1 rings (SSSR count). The Hall–Kier alpha value is -2.29. The first-order chi connectivity index (χ1) is 8.71. The van der Waals surface area contributed by atoms with Crippen molar-refractivity contribution in [3.8, 4) is 0 Å². The molecule has 1 aromatic carbocycles. The normalized spacial score (nSPS) is 11.3. The molecule has 0 bridgehead atoms. The van der Waals surface area contributed by atoms with E-state index in [-0.39, 0.29) is 5.97 Å². The van der Waals surface area contributed by atoms with Gasteiger partial charge in [-0.3, -0.25) is 0 Å². The Morgan fingerprint density at radius 2 is 2.00 bits per heavy atom. The van der Waals surface area contributed by atoms with Gasteiger partial charge in [-0.1, -0.05) is 18.7 Å². The van der Waals surface area contributed by atoms with E-state index >= 15 is 0 Å². The molecule has 0 heterocycles. The Kier molecular flexibility index (Phi) is 5.45. The highest BCUT2D eigenvalue weighted by molar-refractivity contribution is 5.90. The Balaban J connectivity index is 2.80. The van der Waals surface area contributed by atoms with Crippen LogP contribution in [0.5, 0.6) is 0 Å². The van der Waals surface area contributed by atoms with Crippen molar-refractivity contribution in [2.24, 2.45) is 0 Å². The molecule has 94 valence electrons. The monoisotopic (exact) mass is 243 g/mol. The summed E-state index contributed by atoms with van der Waals surface area (Å²) in [5, 5.41) is 2.99. The van der Waals surface area contributed by atoms with Crippen LogP contribution < -0.4 is 5.32 Å². The maximum atomic E-state index is 11.9. The van der Waals surface area contributed by atoms with Crippen molar-refractivity contribution < 1.29 is 9.53 Å². The van der Waals surface area contributed by atoms with Gasteiger partial charge in [0.05, 0.1) is 5.56 Å². The molecule has 0 spiro atoms. The number of anilines is 1. The molecule has 0 aliphatic rings.